The summed E-state index contributed by atoms with van der Waals surface area (Å²) in [6, 6.07) is 0. The molecule has 15 heavy (non-hydrogen) atoms. The Morgan fingerprint density at radius 2 is 2.00 bits per heavy atom. The molecule has 90 valence electrons. The highest BCUT2D eigenvalue weighted by Crippen LogP contribution is 2.48. The fraction of sp³-hybridized carbons (Fsp3) is 0.917. The topological polar surface area (TPSA) is 63.3 Å². The van der Waals surface area contributed by atoms with E-state index in [9.17, 15) is 4.79 Å². The molecule has 0 aromatic carbocycles. The number of rotatable bonds is 4. The lowest BCUT2D eigenvalue weighted by molar-refractivity contribution is -0.143. The third kappa shape index (κ3) is 4.20. The second-order valence-corrected chi connectivity index (χ2v) is 4.58. The molecule has 0 unspecified atom stereocenters. The predicted molar refractivity (Wildman–Crippen MR) is 62.7 cm³/mol. The first-order chi connectivity index (χ1) is 7.02. The van der Waals surface area contributed by atoms with E-state index in [2.05, 4.69) is 20.8 Å². The number of nitrogens with two attached hydrogens (primary N) is 1. The number of carboxylic acid groups (broad SMARTS) is 1. The molecule has 0 saturated heterocycles. The normalized spacial score (nSPS) is 28.7. The molecule has 0 bridgehead atoms. The number of unbranched alkanes of at least 4 members (excludes halogenated alkanes) is 1. The molecule has 0 amide bonds. The molecule has 1 aliphatic rings. The molecule has 0 aromatic rings. The van der Waals surface area contributed by atoms with Gasteiger partial charge in [0.25, 0.3) is 0 Å². The minimum absolute atomic E-state index is 0.0775. The number of hydrogen-bond acceptors (Lipinski definition) is 2. The van der Waals surface area contributed by atoms with Crippen LogP contribution in [0.1, 0.15) is 52.9 Å². The van der Waals surface area contributed by atoms with E-state index in [4.69, 9.17) is 10.8 Å². The summed E-state index contributed by atoms with van der Waals surface area (Å²) in [5, 5.41) is 8.61. The van der Waals surface area contributed by atoms with Crippen molar-refractivity contribution in [3.63, 3.8) is 0 Å². The molecule has 1 fully saturated rings. The molecule has 0 radical (unpaired) electrons. The second kappa shape index (κ2) is 6.83. The highest BCUT2D eigenvalue weighted by atomic mass is 16.4. The van der Waals surface area contributed by atoms with Crippen LogP contribution in [-0.4, -0.2) is 17.6 Å². The van der Waals surface area contributed by atoms with Crippen LogP contribution in [0.5, 0.6) is 0 Å². The van der Waals surface area contributed by atoms with Crippen molar-refractivity contribution in [2.24, 2.45) is 17.1 Å². The van der Waals surface area contributed by atoms with Crippen molar-refractivity contribution >= 4 is 5.97 Å². The molecule has 1 saturated carbocycles. The van der Waals surface area contributed by atoms with Gasteiger partial charge in [-0.1, -0.05) is 33.6 Å². The van der Waals surface area contributed by atoms with Crippen LogP contribution < -0.4 is 5.73 Å². The van der Waals surface area contributed by atoms with Gasteiger partial charge in [0.1, 0.15) is 0 Å². The molecule has 0 aliphatic heterocycles. The molecule has 0 aromatic heterocycles. The monoisotopic (exact) mass is 215 g/mol. The van der Waals surface area contributed by atoms with Gasteiger partial charge < -0.3 is 10.8 Å². The Kier molecular flexibility index (Phi) is 6.57. The first-order valence-electron chi connectivity index (χ1n) is 5.94. The maximum atomic E-state index is 10.5. The Bertz CT molecular complexity index is 188. The third-order valence-corrected chi connectivity index (χ3v) is 3.53. The van der Waals surface area contributed by atoms with Gasteiger partial charge in [0.2, 0.25) is 0 Å². The van der Waals surface area contributed by atoms with Crippen molar-refractivity contribution in [1.29, 1.82) is 0 Å². The van der Waals surface area contributed by atoms with Crippen molar-refractivity contribution in [3.8, 4) is 0 Å². The number of aliphatic carboxylic acids is 1. The quantitative estimate of drug-likeness (QED) is 0.757. The fourth-order valence-electron chi connectivity index (χ4n) is 1.78. The zero-order valence-electron chi connectivity index (χ0n) is 10.3. The highest BCUT2D eigenvalue weighted by Gasteiger charge is 2.44. The van der Waals surface area contributed by atoms with Gasteiger partial charge in [-0.3, -0.25) is 4.79 Å². The SMILES string of the molecule is CCCC.C[C@@H]1CC[C@]1(CN)CC(=O)O. The summed E-state index contributed by atoms with van der Waals surface area (Å²) in [6.07, 6.45) is 4.99. The van der Waals surface area contributed by atoms with Gasteiger partial charge >= 0.3 is 5.97 Å². The molecule has 0 heterocycles. The maximum Gasteiger partial charge on any atom is 0.303 e. The van der Waals surface area contributed by atoms with Gasteiger partial charge in [-0.05, 0) is 30.7 Å². The van der Waals surface area contributed by atoms with Gasteiger partial charge in [-0.25, -0.2) is 0 Å². The summed E-state index contributed by atoms with van der Waals surface area (Å²) in [5.41, 5.74) is 5.47. The highest BCUT2D eigenvalue weighted by molar-refractivity contribution is 5.68. The van der Waals surface area contributed by atoms with Gasteiger partial charge in [-0.2, -0.15) is 0 Å². The van der Waals surface area contributed by atoms with Crippen LogP contribution in [-0.2, 0) is 4.79 Å². The second-order valence-electron chi connectivity index (χ2n) is 4.58. The Labute approximate surface area is 93.0 Å². The molecule has 1 rings (SSSR count). The van der Waals surface area contributed by atoms with E-state index < -0.39 is 5.97 Å². The van der Waals surface area contributed by atoms with Gasteiger partial charge in [-0.15, -0.1) is 0 Å². The van der Waals surface area contributed by atoms with Crippen molar-refractivity contribution in [2.75, 3.05) is 6.54 Å². The zero-order chi connectivity index (χ0) is 11.9. The largest absolute Gasteiger partial charge is 0.481 e. The third-order valence-electron chi connectivity index (χ3n) is 3.53. The summed E-state index contributed by atoms with van der Waals surface area (Å²) in [5.74, 6) is -0.231. The molecule has 1 aliphatic carbocycles. The number of carboxylic acids is 1. The minimum Gasteiger partial charge on any atom is -0.481 e. The fourth-order valence-corrected chi connectivity index (χ4v) is 1.78. The van der Waals surface area contributed by atoms with Crippen molar-refractivity contribution < 1.29 is 9.90 Å². The van der Waals surface area contributed by atoms with E-state index in [-0.39, 0.29) is 11.8 Å². The zero-order valence-corrected chi connectivity index (χ0v) is 10.3. The van der Waals surface area contributed by atoms with Crippen LogP contribution in [0, 0.1) is 11.3 Å². The number of carbonyl (C=O) groups is 1. The van der Waals surface area contributed by atoms with E-state index >= 15 is 0 Å². The standard InChI is InChI=1S/C8H15NO2.C4H10/c1-6-2-3-8(6,5-9)4-7(10)11;1-3-4-2/h6H,2-5,9H2,1H3,(H,10,11);3-4H2,1-2H3/t6-,8-;/m1./s1. The lowest BCUT2D eigenvalue weighted by Gasteiger charge is -2.46. The Balaban J connectivity index is 0.000000423. The first-order valence-corrected chi connectivity index (χ1v) is 5.94. The first kappa shape index (κ1) is 14.4. The molecule has 3 N–H and O–H groups in total. The van der Waals surface area contributed by atoms with Crippen LogP contribution in [0.15, 0.2) is 0 Å². The summed E-state index contributed by atoms with van der Waals surface area (Å²) in [6.45, 7) is 6.96. The Morgan fingerprint density at radius 3 is 2.07 bits per heavy atom. The van der Waals surface area contributed by atoms with E-state index in [0.717, 1.165) is 12.8 Å². The van der Waals surface area contributed by atoms with E-state index in [1.165, 1.54) is 12.8 Å². The Hall–Kier alpha value is -0.570. The van der Waals surface area contributed by atoms with Crippen molar-refractivity contribution in [1.82, 2.24) is 0 Å². The lowest BCUT2D eigenvalue weighted by atomic mass is 9.59. The molecular formula is C12H25NO2. The summed E-state index contributed by atoms with van der Waals surface area (Å²) < 4.78 is 0. The van der Waals surface area contributed by atoms with Crippen LogP contribution in [0.2, 0.25) is 0 Å². The number of hydrogen-bond donors (Lipinski definition) is 2. The smallest absolute Gasteiger partial charge is 0.303 e. The molecular weight excluding hydrogens is 190 g/mol. The maximum absolute atomic E-state index is 10.5. The van der Waals surface area contributed by atoms with Crippen LogP contribution >= 0.6 is 0 Å². The molecule has 3 heteroatoms. The molecule has 0 spiro atoms. The van der Waals surface area contributed by atoms with Gasteiger partial charge in [0.15, 0.2) is 0 Å². The van der Waals surface area contributed by atoms with E-state index in [1.54, 1.807) is 0 Å². The summed E-state index contributed by atoms with van der Waals surface area (Å²) in [7, 11) is 0. The summed E-state index contributed by atoms with van der Waals surface area (Å²) in [4.78, 5) is 10.5. The average Bonchev–Trinajstić information content (AvgIpc) is 2.23. The van der Waals surface area contributed by atoms with E-state index in [1.807, 2.05) is 0 Å². The predicted octanol–water partition coefficient (Wildman–Crippen LogP) is 2.64. The van der Waals surface area contributed by atoms with Crippen LogP contribution in [0.3, 0.4) is 0 Å². The lowest BCUT2D eigenvalue weighted by Crippen LogP contribution is -2.46. The van der Waals surface area contributed by atoms with Crippen LogP contribution in [0.4, 0.5) is 0 Å². The van der Waals surface area contributed by atoms with E-state index in [0.29, 0.717) is 12.5 Å². The average molecular weight is 215 g/mol. The van der Waals surface area contributed by atoms with Crippen molar-refractivity contribution in [3.05, 3.63) is 0 Å². The van der Waals surface area contributed by atoms with Gasteiger partial charge in [0, 0.05) is 0 Å². The molecule has 2 atom stereocenters. The Morgan fingerprint density at radius 1 is 1.47 bits per heavy atom. The summed E-state index contributed by atoms with van der Waals surface area (Å²) >= 11 is 0. The van der Waals surface area contributed by atoms with Crippen LogP contribution in [0.25, 0.3) is 0 Å². The molecule has 3 nitrogen and oxygen atoms in total. The minimum atomic E-state index is -0.720. The van der Waals surface area contributed by atoms with Gasteiger partial charge in [0.05, 0.1) is 6.42 Å². The van der Waals surface area contributed by atoms with Crippen molar-refractivity contribution in [2.45, 2.75) is 52.9 Å².